The van der Waals surface area contributed by atoms with E-state index >= 15 is 0 Å². The van der Waals surface area contributed by atoms with E-state index in [0.29, 0.717) is 19.5 Å². The van der Waals surface area contributed by atoms with Gasteiger partial charge in [0.25, 0.3) is 0 Å². The lowest BCUT2D eigenvalue weighted by Gasteiger charge is -2.34. The number of hydrogen-bond donors (Lipinski definition) is 1. The molecule has 1 unspecified atom stereocenters. The second-order valence-corrected chi connectivity index (χ2v) is 8.40. The Morgan fingerprint density at radius 1 is 1.20 bits per heavy atom. The lowest BCUT2D eigenvalue weighted by atomic mass is 10.1. The van der Waals surface area contributed by atoms with Crippen LogP contribution in [0.4, 0.5) is 5.13 Å². The highest BCUT2D eigenvalue weighted by Gasteiger charge is 2.23. The van der Waals surface area contributed by atoms with Gasteiger partial charge in [-0.25, -0.2) is 9.97 Å². The summed E-state index contributed by atoms with van der Waals surface area (Å²) in [6.45, 7) is 4.67. The van der Waals surface area contributed by atoms with Crippen LogP contribution in [0, 0.1) is 0 Å². The maximum Gasteiger partial charge on any atom is 0.223 e. The molecule has 4 heterocycles. The zero-order chi connectivity index (χ0) is 20.9. The predicted octanol–water partition coefficient (Wildman–Crippen LogP) is 2.46. The Morgan fingerprint density at radius 2 is 2.03 bits per heavy atom. The zero-order valence-corrected chi connectivity index (χ0v) is 17.7. The van der Waals surface area contributed by atoms with Crippen molar-refractivity contribution in [2.75, 3.05) is 31.1 Å². The standard InChI is InChI=1S/C21H25N5O3S/c1-15(14-16-4-3-13-29-16)23-18(27)6-7-19(28)25-9-11-26(12-10-25)21-24-17-5-2-8-22-20(17)30-21/h2-5,8,13,15H,6-7,9-12,14H2,1H3,(H,23,27). The molecule has 8 nitrogen and oxygen atoms in total. The minimum atomic E-state index is -0.108. The number of furan rings is 1. The molecule has 3 aromatic rings. The number of piperazine rings is 1. The first-order valence-electron chi connectivity index (χ1n) is 10.1. The number of rotatable bonds is 7. The maximum absolute atomic E-state index is 12.5. The fourth-order valence-corrected chi connectivity index (χ4v) is 4.51. The molecule has 3 aromatic heterocycles. The van der Waals surface area contributed by atoms with Gasteiger partial charge in [0.1, 0.15) is 16.1 Å². The fourth-order valence-electron chi connectivity index (χ4n) is 3.55. The Balaban J connectivity index is 1.20. The van der Waals surface area contributed by atoms with Crippen molar-refractivity contribution in [3.8, 4) is 0 Å². The van der Waals surface area contributed by atoms with Gasteiger partial charge in [-0.05, 0) is 31.2 Å². The van der Waals surface area contributed by atoms with Gasteiger partial charge in [-0.15, -0.1) is 0 Å². The van der Waals surface area contributed by atoms with Gasteiger partial charge in [-0.3, -0.25) is 9.59 Å². The Hall–Kier alpha value is -2.94. The molecular weight excluding hydrogens is 402 g/mol. The molecule has 1 atom stereocenters. The Labute approximate surface area is 178 Å². The highest BCUT2D eigenvalue weighted by molar-refractivity contribution is 7.21. The van der Waals surface area contributed by atoms with Gasteiger partial charge in [0.2, 0.25) is 11.8 Å². The quantitative estimate of drug-likeness (QED) is 0.623. The summed E-state index contributed by atoms with van der Waals surface area (Å²) < 4.78 is 5.30. The molecule has 30 heavy (non-hydrogen) atoms. The van der Waals surface area contributed by atoms with Crippen molar-refractivity contribution in [3.05, 3.63) is 42.5 Å². The summed E-state index contributed by atoms with van der Waals surface area (Å²) in [6, 6.07) is 7.52. The highest BCUT2D eigenvalue weighted by atomic mass is 32.1. The van der Waals surface area contributed by atoms with Crippen molar-refractivity contribution < 1.29 is 14.0 Å². The van der Waals surface area contributed by atoms with Gasteiger partial charge in [-0.1, -0.05) is 11.3 Å². The first-order chi connectivity index (χ1) is 14.6. The first-order valence-corrected chi connectivity index (χ1v) is 11.0. The van der Waals surface area contributed by atoms with E-state index in [4.69, 9.17) is 4.42 Å². The molecule has 1 fully saturated rings. The summed E-state index contributed by atoms with van der Waals surface area (Å²) in [5, 5.41) is 3.87. The smallest absolute Gasteiger partial charge is 0.223 e. The molecule has 2 amide bonds. The summed E-state index contributed by atoms with van der Waals surface area (Å²) in [4.78, 5) is 38.6. The molecule has 1 N–H and O–H groups in total. The summed E-state index contributed by atoms with van der Waals surface area (Å²) in [6.07, 6.45) is 4.45. The number of carbonyl (C=O) groups is 2. The molecule has 0 aliphatic carbocycles. The maximum atomic E-state index is 12.5. The fraction of sp³-hybridized carbons (Fsp3) is 0.429. The highest BCUT2D eigenvalue weighted by Crippen LogP contribution is 2.27. The number of fused-ring (bicyclic) bond motifs is 1. The van der Waals surface area contributed by atoms with Crippen molar-refractivity contribution in [2.45, 2.75) is 32.2 Å². The molecular formula is C21H25N5O3S. The van der Waals surface area contributed by atoms with E-state index in [1.165, 1.54) is 0 Å². The van der Waals surface area contributed by atoms with E-state index in [0.717, 1.165) is 34.3 Å². The Kier molecular flexibility index (Phi) is 6.27. The summed E-state index contributed by atoms with van der Waals surface area (Å²) >= 11 is 1.57. The van der Waals surface area contributed by atoms with Crippen LogP contribution in [0.2, 0.25) is 0 Å². The molecule has 0 saturated carbocycles. The van der Waals surface area contributed by atoms with E-state index in [-0.39, 0.29) is 30.7 Å². The summed E-state index contributed by atoms with van der Waals surface area (Å²) in [5.74, 6) is 0.748. The number of amides is 2. The minimum Gasteiger partial charge on any atom is -0.469 e. The normalized spacial score (nSPS) is 15.4. The lowest BCUT2D eigenvalue weighted by molar-refractivity contribution is -0.134. The average Bonchev–Trinajstić information content (AvgIpc) is 3.41. The number of hydrogen-bond acceptors (Lipinski definition) is 7. The molecule has 1 saturated heterocycles. The van der Waals surface area contributed by atoms with Crippen LogP contribution < -0.4 is 10.2 Å². The molecule has 4 rings (SSSR count). The number of pyridine rings is 1. The van der Waals surface area contributed by atoms with Gasteiger partial charge in [0, 0.05) is 57.7 Å². The number of nitrogens with one attached hydrogen (secondary N) is 1. The number of thiazole rings is 1. The van der Waals surface area contributed by atoms with Crippen LogP contribution in [0.5, 0.6) is 0 Å². The van der Waals surface area contributed by atoms with Gasteiger partial charge < -0.3 is 19.5 Å². The Morgan fingerprint density at radius 3 is 2.77 bits per heavy atom. The van der Waals surface area contributed by atoms with E-state index in [9.17, 15) is 9.59 Å². The third-order valence-electron chi connectivity index (χ3n) is 5.12. The van der Waals surface area contributed by atoms with Crippen molar-refractivity contribution >= 4 is 38.6 Å². The van der Waals surface area contributed by atoms with Crippen molar-refractivity contribution in [1.82, 2.24) is 20.2 Å². The van der Waals surface area contributed by atoms with Crippen LogP contribution in [-0.4, -0.2) is 58.9 Å². The van der Waals surface area contributed by atoms with Gasteiger partial charge >= 0.3 is 0 Å². The molecule has 0 aromatic carbocycles. The molecule has 1 aliphatic rings. The third kappa shape index (κ3) is 4.96. The number of carbonyl (C=O) groups excluding carboxylic acids is 2. The summed E-state index contributed by atoms with van der Waals surface area (Å²) in [7, 11) is 0. The second kappa shape index (κ2) is 9.25. The molecule has 0 spiro atoms. The molecule has 0 bridgehead atoms. The van der Waals surface area contributed by atoms with Crippen molar-refractivity contribution in [2.24, 2.45) is 0 Å². The largest absolute Gasteiger partial charge is 0.469 e. The van der Waals surface area contributed by atoms with E-state index in [2.05, 4.69) is 20.2 Å². The minimum absolute atomic E-state index is 0.0226. The van der Waals surface area contributed by atoms with Crippen LogP contribution in [0.15, 0.2) is 41.1 Å². The monoisotopic (exact) mass is 427 g/mol. The lowest BCUT2D eigenvalue weighted by Crippen LogP contribution is -2.49. The van der Waals surface area contributed by atoms with Crippen molar-refractivity contribution in [3.63, 3.8) is 0 Å². The van der Waals surface area contributed by atoms with E-state index < -0.39 is 0 Å². The third-order valence-corrected chi connectivity index (χ3v) is 6.16. The molecule has 158 valence electrons. The van der Waals surface area contributed by atoms with Crippen LogP contribution in [0.1, 0.15) is 25.5 Å². The van der Waals surface area contributed by atoms with Crippen LogP contribution in [0.25, 0.3) is 10.3 Å². The van der Waals surface area contributed by atoms with Gasteiger partial charge in [0.15, 0.2) is 5.13 Å². The summed E-state index contributed by atoms with van der Waals surface area (Å²) in [5.41, 5.74) is 0.906. The SMILES string of the molecule is CC(Cc1ccco1)NC(=O)CCC(=O)N1CCN(c2nc3cccnc3s2)CC1. The van der Waals surface area contributed by atoms with E-state index in [1.54, 1.807) is 23.8 Å². The second-order valence-electron chi connectivity index (χ2n) is 7.44. The molecule has 9 heteroatoms. The van der Waals surface area contributed by atoms with Crippen LogP contribution >= 0.6 is 11.3 Å². The topological polar surface area (TPSA) is 91.6 Å². The van der Waals surface area contributed by atoms with Crippen molar-refractivity contribution in [1.29, 1.82) is 0 Å². The zero-order valence-electron chi connectivity index (χ0n) is 16.9. The van der Waals surface area contributed by atoms with Crippen LogP contribution in [-0.2, 0) is 16.0 Å². The number of aromatic nitrogens is 2. The number of anilines is 1. The molecule has 1 aliphatic heterocycles. The number of nitrogens with zero attached hydrogens (tertiary/aromatic N) is 4. The van der Waals surface area contributed by atoms with E-state index in [1.807, 2.05) is 36.1 Å². The average molecular weight is 428 g/mol. The van der Waals surface area contributed by atoms with Gasteiger partial charge in [-0.2, -0.15) is 0 Å². The predicted molar refractivity (Wildman–Crippen MR) is 115 cm³/mol. The Bertz CT molecular complexity index is 962. The first kappa shape index (κ1) is 20.3. The molecule has 0 radical (unpaired) electrons. The van der Waals surface area contributed by atoms with Gasteiger partial charge in [0.05, 0.1) is 6.26 Å². The van der Waals surface area contributed by atoms with Crippen LogP contribution in [0.3, 0.4) is 0 Å².